The van der Waals surface area contributed by atoms with Crippen molar-refractivity contribution in [2.75, 3.05) is 0 Å². The van der Waals surface area contributed by atoms with Gasteiger partial charge in [0.05, 0.1) is 0 Å². The van der Waals surface area contributed by atoms with Crippen molar-refractivity contribution in [2.24, 2.45) is 0 Å². The normalized spacial score (nSPS) is 8.92. The molecule has 0 saturated heterocycles. The molecule has 8 nitrogen and oxygen atoms in total. The minimum atomic E-state index is -4.67. The van der Waals surface area contributed by atoms with Crippen LogP contribution in [0.15, 0.2) is 0 Å². The third kappa shape index (κ3) is 974. The molecule has 0 atom stereocenters. The largest absolute Gasteiger partial charge is 0.394 e. The first kappa shape index (κ1) is 29.3. The van der Waals surface area contributed by atoms with Crippen LogP contribution in [0.3, 0.4) is 0 Å². The predicted octanol–water partition coefficient (Wildman–Crippen LogP) is -3.68. The summed E-state index contributed by atoms with van der Waals surface area (Å²) in [7, 11) is -9.33. The monoisotopic (exact) mass is 312 g/mol. The Hall–Kier alpha value is 1.32. The molecule has 0 aliphatic carbocycles. The molecule has 0 rings (SSSR count). The molecule has 0 unspecified atom stereocenters. The Bertz CT molecular complexity index is 217. The molecule has 0 spiro atoms. The van der Waals surface area contributed by atoms with Gasteiger partial charge in [-0.3, -0.25) is 18.2 Å². The van der Waals surface area contributed by atoms with Gasteiger partial charge < -0.3 is 0 Å². The molecule has 0 aromatic heterocycles. The minimum absolute atomic E-state index is 0. The van der Waals surface area contributed by atoms with Crippen LogP contribution in [0.2, 0.25) is 0 Å². The van der Waals surface area contributed by atoms with Crippen molar-refractivity contribution < 1.29 is 52.1 Å². The Kier molecular flexibility index (Phi) is 25.6. The topological polar surface area (TPSA) is 149 Å². The van der Waals surface area contributed by atoms with E-state index < -0.39 is 20.8 Å². The summed E-state index contributed by atoms with van der Waals surface area (Å²) >= 11 is 0. The summed E-state index contributed by atoms with van der Waals surface area (Å²) in [6.07, 6.45) is 0. The van der Waals surface area contributed by atoms with Crippen LogP contribution in [0, 0.1) is 0 Å². The van der Waals surface area contributed by atoms with Gasteiger partial charge in [0.2, 0.25) is 0 Å². The van der Waals surface area contributed by atoms with Crippen molar-refractivity contribution in [3.63, 3.8) is 0 Å². The first-order valence-electron chi connectivity index (χ1n) is 1.40. The van der Waals surface area contributed by atoms with Crippen LogP contribution in [0.25, 0.3) is 0 Å². The second-order valence-electron chi connectivity index (χ2n) is 0.896. The molecule has 4 N–H and O–H groups in total. The molecule has 0 amide bonds. The fourth-order valence-corrected chi connectivity index (χ4v) is 0. The summed E-state index contributed by atoms with van der Waals surface area (Å²) in [4.78, 5) is 0. The van der Waals surface area contributed by atoms with Crippen molar-refractivity contribution in [2.45, 2.75) is 0 Å². The van der Waals surface area contributed by atoms with E-state index >= 15 is 0 Å². The second kappa shape index (κ2) is 11.4. The molecule has 0 radical (unpaired) electrons. The molecule has 13 heteroatoms. The fraction of sp³-hybridized carbons (Fsp3) is 0. The van der Waals surface area contributed by atoms with Crippen molar-refractivity contribution >= 4 is 55.5 Å². The van der Waals surface area contributed by atoms with Crippen LogP contribution in [0.5, 0.6) is 0 Å². The maximum absolute atomic E-state index is 8.74. The Morgan fingerprint density at radius 2 is 0.615 bits per heavy atom. The zero-order valence-corrected chi connectivity index (χ0v) is 7.33. The second-order valence-corrected chi connectivity index (χ2v) is 2.69. The van der Waals surface area contributed by atoms with Gasteiger partial charge in [0.25, 0.3) is 0 Å². The maximum Gasteiger partial charge on any atom is 0.394 e. The predicted molar refractivity (Wildman–Crippen MR) is 48.2 cm³/mol. The number of hydrogen-bond donors (Lipinski definition) is 4. The van der Waals surface area contributed by atoms with Crippen LogP contribution < -0.4 is 0 Å². The van der Waals surface area contributed by atoms with Crippen LogP contribution in [-0.4, -0.2) is 69.8 Å². The van der Waals surface area contributed by atoms with Crippen LogP contribution in [-0.2, 0) is 37.9 Å². The molecule has 0 bridgehead atoms. The molecule has 0 aliphatic heterocycles. The Morgan fingerprint density at radius 1 is 0.615 bits per heavy atom. The van der Waals surface area contributed by atoms with E-state index in [0.717, 1.165) is 0 Å². The molecule has 13 heavy (non-hydrogen) atoms. The summed E-state index contributed by atoms with van der Waals surface area (Å²) in [6, 6.07) is 0. The Morgan fingerprint density at radius 3 is 0.615 bits per heavy atom. The zero-order chi connectivity index (χ0) is 9.00. The number of rotatable bonds is 0. The molecule has 0 heterocycles. The van der Waals surface area contributed by atoms with E-state index in [1.165, 1.54) is 0 Å². The summed E-state index contributed by atoms with van der Waals surface area (Å²) in [5.74, 6) is 0. The molecular weight excluding hydrogens is 302 g/mol. The van der Waals surface area contributed by atoms with Gasteiger partial charge in [-0.1, -0.05) is 0 Å². The van der Waals surface area contributed by atoms with Crippen molar-refractivity contribution in [3.8, 4) is 0 Å². The average Bonchev–Trinajstić information content (AvgIpc) is 1.12. The van der Waals surface area contributed by atoms with E-state index in [4.69, 9.17) is 35.0 Å². The van der Waals surface area contributed by atoms with Gasteiger partial charge >= 0.3 is 20.8 Å². The van der Waals surface area contributed by atoms with Gasteiger partial charge in [-0.25, -0.2) is 0 Å². The Balaban J connectivity index is -0.0000000267. The van der Waals surface area contributed by atoms with Crippen LogP contribution >= 0.6 is 0 Å². The molecule has 0 saturated carbocycles. The molecular formula is H10Al2FeO8S2. The molecule has 0 aliphatic rings. The van der Waals surface area contributed by atoms with E-state index in [-0.39, 0.29) is 51.8 Å². The van der Waals surface area contributed by atoms with Crippen molar-refractivity contribution in [1.82, 2.24) is 0 Å². The van der Waals surface area contributed by atoms with Crippen LogP contribution in [0.1, 0.15) is 0 Å². The van der Waals surface area contributed by atoms with E-state index in [1.54, 1.807) is 0 Å². The smallest absolute Gasteiger partial charge is 0.264 e. The standard InChI is InChI=1S/2Al.Fe.2H2O4S.6H/c;;;2*1-5(2,3)4;;;;;;/h;;;2*(H2,1,2,3,4);;;;;;. The summed E-state index contributed by atoms with van der Waals surface area (Å²) < 4.78 is 63.2. The van der Waals surface area contributed by atoms with Gasteiger partial charge in [-0.2, -0.15) is 16.8 Å². The summed E-state index contributed by atoms with van der Waals surface area (Å²) in [6.45, 7) is 0. The molecule has 0 aromatic carbocycles. The number of hydrogen-bond acceptors (Lipinski definition) is 4. The molecule has 84 valence electrons. The third-order valence-electron chi connectivity index (χ3n) is 0. The van der Waals surface area contributed by atoms with E-state index in [9.17, 15) is 0 Å². The average molecular weight is 312 g/mol. The quantitative estimate of drug-likeness (QED) is 0.264. The van der Waals surface area contributed by atoms with Gasteiger partial charge in [0.1, 0.15) is 0 Å². The minimum Gasteiger partial charge on any atom is -0.264 e. The SMILES string of the molecule is O=S(=O)(O)O.O=S(=O)(O)O.[AlH3].[AlH3].[Fe]. The summed E-state index contributed by atoms with van der Waals surface area (Å²) in [5, 5.41) is 0. The van der Waals surface area contributed by atoms with E-state index in [2.05, 4.69) is 0 Å². The van der Waals surface area contributed by atoms with Gasteiger partial charge in [0.15, 0.2) is 34.7 Å². The first-order valence-corrected chi connectivity index (χ1v) is 4.19. The third-order valence-corrected chi connectivity index (χ3v) is 0. The van der Waals surface area contributed by atoms with Crippen molar-refractivity contribution in [3.05, 3.63) is 0 Å². The molecule has 0 aromatic rings. The van der Waals surface area contributed by atoms with E-state index in [0.29, 0.717) is 0 Å². The van der Waals surface area contributed by atoms with Gasteiger partial charge in [0, 0.05) is 17.1 Å². The van der Waals surface area contributed by atoms with E-state index in [1.807, 2.05) is 0 Å². The zero-order valence-electron chi connectivity index (χ0n) is 4.59. The first-order chi connectivity index (χ1) is 4.00. The maximum atomic E-state index is 8.74. The molecule has 0 fully saturated rings. The van der Waals surface area contributed by atoms with Gasteiger partial charge in [-0.05, 0) is 0 Å². The van der Waals surface area contributed by atoms with Crippen molar-refractivity contribution in [1.29, 1.82) is 0 Å². The van der Waals surface area contributed by atoms with Crippen LogP contribution in [0.4, 0.5) is 0 Å². The van der Waals surface area contributed by atoms with Gasteiger partial charge in [-0.15, -0.1) is 0 Å². The fourth-order valence-electron chi connectivity index (χ4n) is 0. The summed E-state index contributed by atoms with van der Waals surface area (Å²) in [5.41, 5.74) is 0. The Labute approximate surface area is 107 Å².